The second-order valence-corrected chi connectivity index (χ2v) is 6.48. The first-order valence-corrected chi connectivity index (χ1v) is 8.88. The first kappa shape index (κ1) is 19.3. The number of nitrogens with one attached hydrogen (secondary N) is 1. The second kappa shape index (κ2) is 8.92. The second-order valence-electron chi connectivity index (χ2n) is 6.07. The van der Waals surface area contributed by atoms with Crippen molar-refractivity contribution in [1.29, 1.82) is 0 Å². The summed E-state index contributed by atoms with van der Waals surface area (Å²) in [4.78, 5) is 14.8. The summed E-state index contributed by atoms with van der Waals surface area (Å²) in [5, 5.41) is 3.45. The predicted octanol–water partition coefficient (Wildman–Crippen LogP) is 3.60. The van der Waals surface area contributed by atoms with Crippen molar-refractivity contribution in [3.63, 3.8) is 0 Å². The number of halogens is 1. The molecule has 2 aromatic rings. The molecule has 6 heteroatoms. The van der Waals surface area contributed by atoms with Crippen molar-refractivity contribution >= 4 is 17.5 Å². The number of hydrogen-bond acceptors (Lipinski definition) is 3. The minimum atomic E-state index is -0.183. The topological polar surface area (TPSA) is 46.5 Å². The van der Waals surface area contributed by atoms with Gasteiger partial charge in [-0.2, -0.15) is 0 Å². The van der Waals surface area contributed by atoms with Gasteiger partial charge >= 0.3 is 0 Å². The first-order valence-electron chi connectivity index (χ1n) is 8.51. The van der Waals surface area contributed by atoms with Gasteiger partial charge in [-0.05, 0) is 38.6 Å². The lowest BCUT2D eigenvalue weighted by molar-refractivity contribution is 0.0943. The summed E-state index contributed by atoms with van der Waals surface area (Å²) in [7, 11) is 1.55. The van der Waals surface area contributed by atoms with E-state index in [-0.39, 0.29) is 5.91 Å². The number of aromatic nitrogens is 1. The van der Waals surface area contributed by atoms with Gasteiger partial charge in [-0.15, -0.1) is 0 Å². The molecular formula is C19H26ClN3O2. The molecule has 0 saturated heterocycles. The van der Waals surface area contributed by atoms with Crippen molar-refractivity contribution in [2.24, 2.45) is 0 Å². The summed E-state index contributed by atoms with van der Waals surface area (Å²) in [6.07, 6.45) is 3.79. The smallest absolute Gasteiger partial charge is 0.255 e. The lowest BCUT2D eigenvalue weighted by Gasteiger charge is -2.24. The van der Waals surface area contributed by atoms with Gasteiger partial charge in [-0.25, -0.2) is 0 Å². The van der Waals surface area contributed by atoms with Gasteiger partial charge in [0, 0.05) is 37.6 Å². The van der Waals surface area contributed by atoms with Crippen LogP contribution in [0.15, 0.2) is 36.7 Å². The van der Waals surface area contributed by atoms with Gasteiger partial charge < -0.3 is 14.6 Å². The molecule has 2 rings (SSSR count). The number of likely N-dealkylation sites (N-methyl/N-ethyl adjacent to an activating group) is 1. The van der Waals surface area contributed by atoms with E-state index in [0.29, 0.717) is 28.9 Å². The third kappa shape index (κ3) is 4.77. The molecule has 1 heterocycles. The van der Waals surface area contributed by atoms with Crippen LogP contribution in [0.5, 0.6) is 5.75 Å². The van der Waals surface area contributed by atoms with Crippen molar-refractivity contribution in [2.75, 3.05) is 26.7 Å². The number of methoxy groups -OCH3 is 1. The third-order valence-electron chi connectivity index (χ3n) is 4.22. The average molecular weight is 364 g/mol. The maximum Gasteiger partial charge on any atom is 0.255 e. The number of carbonyl (C=O) groups excluding carboxylic acids is 1. The summed E-state index contributed by atoms with van der Waals surface area (Å²) >= 11 is 6.38. The summed E-state index contributed by atoms with van der Waals surface area (Å²) in [5.74, 6) is 0.319. The van der Waals surface area contributed by atoms with Crippen LogP contribution in [0.3, 0.4) is 0 Å². The fraction of sp³-hybridized carbons (Fsp3) is 0.421. The normalized spacial score (nSPS) is 11.2. The Morgan fingerprint density at radius 1 is 1.32 bits per heavy atom. The van der Waals surface area contributed by atoms with E-state index in [0.717, 1.165) is 18.8 Å². The molecule has 0 saturated carbocycles. The van der Waals surface area contributed by atoms with Crippen LogP contribution in [0.4, 0.5) is 0 Å². The minimum Gasteiger partial charge on any atom is -0.496 e. The molecule has 0 atom stereocenters. The van der Waals surface area contributed by atoms with Gasteiger partial charge in [0.05, 0.1) is 23.4 Å². The van der Waals surface area contributed by atoms with E-state index < -0.39 is 0 Å². The molecule has 136 valence electrons. The standard InChI is InChI=1S/C19H26ClN3O2/c1-5-22(14(2)3)11-8-21-19(24)15-12-16(20)17(13-18(15)25-4)23-9-6-7-10-23/h6-7,9-10,12-14H,5,8,11H2,1-4H3,(H,21,24). The molecular weight excluding hydrogens is 338 g/mol. The number of amides is 1. The van der Waals surface area contributed by atoms with E-state index in [2.05, 4.69) is 31.0 Å². The van der Waals surface area contributed by atoms with Gasteiger partial charge in [0.15, 0.2) is 0 Å². The fourth-order valence-electron chi connectivity index (χ4n) is 2.77. The van der Waals surface area contributed by atoms with E-state index in [4.69, 9.17) is 16.3 Å². The molecule has 0 radical (unpaired) electrons. The summed E-state index contributed by atoms with van der Waals surface area (Å²) in [6.45, 7) is 8.74. The van der Waals surface area contributed by atoms with E-state index in [1.165, 1.54) is 0 Å². The highest BCUT2D eigenvalue weighted by molar-refractivity contribution is 6.33. The Morgan fingerprint density at radius 3 is 2.56 bits per heavy atom. The maximum atomic E-state index is 12.5. The molecule has 1 aromatic carbocycles. The van der Waals surface area contributed by atoms with Crippen LogP contribution in [-0.4, -0.2) is 48.2 Å². The average Bonchev–Trinajstić information content (AvgIpc) is 3.12. The third-order valence-corrected chi connectivity index (χ3v) is 4.52. The zero-order valence-corrected chi connectivity index (χ0v) is 16.0. The fourth-order valence-corrected chi connectivity index (χ4v) is 3.03. The zero-order chi connectivity index (χ0) is 18.4. The molecule has 0 fully saturated rings. The lowest BCUT2D eigenvalue weighted by Crippen LogP contribution is -2.38. The van der Waals surface area contributed by atoms with Gasteiger partial charge in [0.1, 0.15) is 5.75 Å². The lowest BCUT2D eigenvalue weighted by atomic mass is 10.1. The van der Waals surface area contributed by atoms with E-state index in [9.17, 15) is 4.79 Å². The number of rotatable bonds is 8. The van der Waals surface area contributed by atoms with Crippen LogP contribution in [-0.2, 0) is 0 Å². The van der Waals surface area contributed by atoms with Crippen LogP contribution in [0, 0.1) is 0 Å². The molecule has 0 spiro atoms. The van der Waals surface area contributed by atoms with Crippen molar-refractivity contribution in [1.82, 2.24) is 14.8 Å². The number of benzene rings is 1. The van der Waals surface area contributed by atoms with E-state index in [1.54, 1.807) is 19.2 Å². The van der Waals surface area contributed by atoms with Crippen LogP contribution in [0.25, 0.3) is 5.69 Å². The molecule has 1 N–H and O–H groups in total. The molecule has 25 heavy (non-hydrogen) atoms. The summed E-state index contributed by atoms with van der Waals surface area (Å²) in [6, 6.07) is 7.72. The molecule has 0 aliphatic heterocycles. The molecule has 0 aliphatic rings. The van der Waals surface area contributed by atoms with Crippen molar-refractivity contribution < 1.29 is 9.53 Å². The molecule has 1 aromatic heterocycles. The minimum absolute atomic E-state index is 0.183. The molecule has 0 bridgehead atoms. The summed E-state index contributed by atoms with van der Waals surface area (Å²) in [5.41, 5.74) is 1.22. The first-order chi connectivity index (χ1) is 12.0. The Balaban J connectivity index is 2.13. The number of nitrogens with zero attached hydrogens (tertiary/aromatic N) is 2. The Labute approximate surface area is 154 Å². The molecule has 0 unspecified atom stereocenters. The molecule has 1 amide bonds. The zero-order valence-electron chi connectivity index (χ0n) is 15.3. The maximum absolute atomic E-state index is 12.5. The van der Waals surface area contributed by atoms with Crippen LogP contribution >= 0.6 is 11.6 Å². The van der Waals surface area contributed by atoms with Gasteiger partial charge in [-0.1, -0.05) is 18.5 Å². The molecule has 5 nitrogen and oxygen atoms in total. The quantitative estimate of drug-likeness (QED) is 0.779. The predicted molar refractivity (Wildman–Crippen MR) is 102 cm³/mol. The SMILES string of the molecule is CCN(CCNC(=O)c1cc(Cl)c(-n2cccc2)cc1OC)C(C)C. The highest BCUT2D eigenvalue weighted by atomic mass is 35.5. The Hall–Kier alpha value is -1.98. The Kier molecular flexibility index (Phi) is 6.91. The van der Waals surface area contributed by atoms with Crippen LogP contribution < -0.4 is 10.1 Å². The van der Waals surface area contributed by atoms with E-state index in [1.807, 2.05) is 29.1 Å². The summed E-state index contributed by atoms with van der Waals surface area (Å²) < 4.78 is 7.29. The number of ether oxygens (including phenoxy) is 1. The Bertz CT molecular complexity index is 699. The van der Waals surface area contributed by atoms with E-state index >= 15 is 0 Å². The largest absolute Gasteiger partial charge is 0.496 e. The van der Waals surface area contributed by atoms with Crippen molar-refractivity contribution in [3.05, 3.63) is 47.2 Å². The van der Waals surface area contributed by atoms with Crippen molar-refractivity contribution in [2.45, 2.75) is 26.8 Å². The highest BCUT2D eigenvalue weighted by Gasteiger charge is 2.17. The van der Waals surface area contributed by atoms with Gasteiger partial charge in [0.2, 0.25) is 0 Å². The number of carbonyl (C=O) groups is 1. The Morgan fingerprint density at radius 2 is 2.00 bits per heavy atom. The number of hydrogen-bond donors (Lipinski definition) is 1. The monoisotopic (exact) mass is 363 g/mol. The molecule has 0 aliphatic carbocycles. The van der Waals surface area contributed by atoms with Crippen LogP contribution in [0.1, 0.15) is 31.1 Å². The van der Waals surface area contributed by atoms with Gasteiger partial charge in [0.25, 0.3) is 5.91 Å². The van der Waals surface area contributed by atoms with Gasteiger partial charge in [-0.3, -0.25) is 9.69 Å². The highest BCUT2D eigenvalue weighted by Crippen LogP contribution is 2.29. The van der Waals surface area contributed by atoms with Crippen molar-refractivity contribution in [3.8, 4) is 11.4 Å². The van der Waals surface area contributed by atoms with Crippen LogP contribution in [0.2, 0.25) is 5.02 Å².